The Balaban J connectivity index is 0.00000176. The molecule has 0 spiro atoms. The predicted molar refractivity (Wildman–Crippen MR) is 90.7 cm³/mol. The van der Waals surface area contributed by atoms with Crippen molar-refractivity contribution in [3.05, 3.63) is 42.0 Å². The van der Waals surface area contributed by atoms with Crippen LogP contribution in [0.1, 0.15) is 25.1 Å². The van der Waals surface area contributed by atoms with E-state index in [-0.39, 0.29) is 12.4 Å². The van der Waals surface area contributed by atoms with Gasteiger partial charge in [0.2, 0.25) is 0 Å². The molecular formula is C16H24ClN5. The average Bonchev–Trinajstić information content (AvgIpc) is 2.85. The number of piperazine rings is 1. The van der Waals surface area contributed by atoms with E-state index in [9.17, 15) is 0 Å². The van der Waals surface area contributed by atoms with E-state index in [1.54, 1.807) is 12.4 Å². The van der Waals surface area contributed by atoms with Crippen molar-refractivity contribution in [1.82, 2.24) is 25.0 Å². The monoisotopic (exact) mass is 321 g/mol. The van der Waals surface area contributed by atoms with Crippen molar-refractivity contribution < 1.29 is 0 Å². The Morgan fingerprint density at radius 1 is 1.27 bits per heavy atom. The van der Waals surface area contributed by atoms with Gasteiger partial charge in [-0.05, 0) is 32.9 Å². The third-order valence-electron chi connectivity index (χ3n) is 4.19. The first kappa shape index (κ1) is 16.9. The molecule has 2 aromatic heterocycles. The molecule has 3 heterocycles. The highest BCUT2D eigenvalue weighted by atomic mass is 35.5. The summed E-state index contributed by atoms with van der Waals surface area (Å²) in [5, 5.41) is 8.16. The zero-order chi connectivity index (χ0) is 14.8. The van der Waals surface area contributed by atoms with Crippen LogP contribution in [0.4, 0.5) is 0 Å². The third-order valence-corrected chi connectivity index (χ3v) is 4.19. The molecule has 22 heavy (non-hydrogen) atoms. The zero-order valence-corrected chi connectivity index (χ0v) is 14.2. The molecule has 0 saturated carbocycles. The quantitative estimate of drug-likeness (QED) is 0.941. The minimum Gasteiger partial charge on any atom is -0.311 e. The molecular weight excluding hydrogens is 298 g/mol. The number of aromatic nitrogens is 3. The molecule has 2 atom stereocenters. The fraction of sp³-hybridized carbons (Fsp3) is 0.500. The highest BCUT2D eigenvalue weighted by Crippen LogP contribution is 2.16. The number of aryl methyl sites for hydroxylation is 1. The van der Waals surface area contributed by atoms with Gasteiger partial charge in [-0.25, -0.2) is 4.68 Å². The van der Waals surface area contributed by atoms with E-state index in [2.05, 4.69) is 47.3 Å². The molecule has 3 rings (SSSR count). The normalized spacial score (nSPS) is 22.3. The smallest absolute Gasteiger partial charge is 0.0676 e. The zero-order valence-electron chi connectivity index (χ0n) is 13.4. The van der Waals surface area contributed by atoms with Crippen LogP contribution in [0, 0.1) is 6.92 Å². The van der Waals surface area contributed by atoms with E-state index in [1.165, 1.54) is 5.56 Å². The fourth-order valence-electron chi connectivity index (χ4n) is 2.82. The highest BCUT2D eigenvalue weighted by molar-refractivity contribution is 5.85. The largest absolute Gasteiger partial charge is 0.311 e. The van der Waals surface area contributed by atoms with Gasteiger partial charge < -0.3 is 5.32 Å². The third kappa shape index (κ3) is 3.66. The molecule has 0 aliphatic carbocycles. The summed E-state index contributed by atoms with van der Waals surface area (Å²) in [6.07, 6.45) is 5.74. The molecule has 5 nitrogen and oxygen atoms in total. The first-order valence-corrected chi connectivity index (χ1v) is 7.56. The first-order valence-electron chi connectivity index (χ1n) is 7.56. The van der Waals surface area contributed by atoms with E-state index < -0.39 is 0 Å². The molecule has 1 N–H and O–H groups in total. The lowest BCUT2D eigenvalue weighted by Gasteiger charge is -2.37. The van der Waals surface area contributed by atoms with E-state index >= 15 is 0 Å². The van der Waals surface area contributed by atoms with Crippen molar-refractivity contribution >= 4 is 12.4 Å². The minimum absolute atomic E-state index is 0. The molecule has 1 aliphatic heterocycles. The van der Waals surface area contributed by atoms with E-state index in [0.717, 1.165) is 31.0 Å². The lowest BCUT2D eigenvalue weighted by molar-refractivity contribution is 0.138. The van der Waals surface area contributed by atoms with Crippen LogP contribution >= 0.6 is 12.4 Å². The Morgan fingerprint density at radius 2 is 2.00 bits per heavy atom. The fourth-order valence-corrected chi connectivity index (χ4v) is 2.82. The number of hydrogen-bond acceptors (Lipinski definition) is 4. The van der Waals surface area contributed by atoms with Gasteiger partial charge in [0.1, 0.15) is 0 Å². The van der Waals surface area contributed by atoms with Crippen molar-refractivity contribution in [3.8, 4) is 5.69 Å². The van der Waals surface area contributed by atoms with Gasteiger partial charge in [-0.2, -0.15) is 5.10 Å². The van der Waals surface area contributed by atoms with E-state index in [1.807, 2.05) is 16.8 Å². The first-order chi connectivity index (χ1) is 10.1. The molecule has 6 heteroatoms. The van der Waals surface area contributed by atoms with Crippen LogP contribution in [0.15, 0.2) is 30.7 Å². The average molecular weight is 322 g/mol. The maximum atomic E-state index is 4.64. The second-order valence-electron chi connectivity index (χ2n) is 5.98. The molecule has 0 bridgehead atoms. The van der Waals surface area contributed by atoms with E-state index in [4.69, 9.17) is 0 Å². The molecule has 1 fully saturated rings. The summed E-state index contributed by atoms with van der Waals surface area (Å²) in [7, 11) is 0. The van der Waals surface area contributed by atoms with Gasteiger partial charge >= 0.3 is 0 Å². The van der Waals surface area contributed by atoms with Crippen LogP contribution in [0.25, 0.3) is 5.69 Å². The van der Waals surface area contributed by atoms with Gasteiger partial charge in [-0.1, -0.05) is 0 Å². The molecule has 0 aromatic carbocycles. The maximum absolute atomic E-state index is 4.64. The Morgan fingerprint density at radius 3 is 2.73 bits per heavy atom. The summed E-state index contributed by atoms with van der Waals surface area (Å²) >= 11 is 0. The van der Waals surface area contributed by atoms with Crippen LogP contribution in [0.3, 0.4) is 0 Å². The van der Waals surface area contributed by atoms with Crippen LogP contribution in [-0.4, -0.2) is 44.8 Å². The van der Waals surface area contributed by atoms with Gasteiger partial charge in [0.05, 0.1) is 11.4 Å². The minimum atomic E-state index is 0. The predicted octanol–water partition coefficient (Wildman–Crippen LogP) is 2.18. The lowest BCUT2D eigenvalue weighted by Crippen LogP contribution is -2.53. The van der Waals surface area contributed by atoms with Gasteiger partial charge in [-0.3, -0.25) is 9.88 Å². The number of halogens is 1. The SMILES string of the molecule is Cc1nn(-c2ccncc2)cc1CN1CC(C)NCC1C.Cl. The summed E-state index contributed by atoms with van der Waals surface area (Å²) in [6.45, 7) is 9.71. The number of hydrogen-bond donors (Lipinski definition) is 1. The molecule has 2 aromatic rings. The number of rotatable bonds is 3. The Bertz CT molecular complexity index is 598. The summed E-state index contributed by atoms with van der Waals surface area (Å²) in [4.78, 5) is 6.59. The standard InChI is InChI=1S/C16H23N5.ClH/c1-12-9-20(13(2)8-18-12)10-15-11-21(19-14(15)3)16-4-6-17-7-5-16;/h4-7,11-13,18H,8-10H2,1-3H3;1H. The Labute approximate surface area is 138 Å². The Kier molecular flexibility index (Phi) is 5.56. The maximum Gasteiger partial charge on any atom is 0.0676 e. The molecule has 2 unspecified atom stereocenters. The van der Waals surface area contributed by atoms with Crippen molar-refractivity contribution in [2.45, 2.75) is 39.4 Å². The summed E-state index contributed by atoms with van der Waals surface area (Å²) in [5.41, 5.74) is 3.46. The van der Waals surface area contributed by atoms with Crippen molar-refractivity contribution in [2.75, 3.05) is 13.1 Å². The van der Waals surface area contributed by atoms with Crippen LogP contribution < -0.4 is 5.32 Å². The second-order valence-corrected chi connectivity index (χ2v) is 5.98. The summed E-state index contributed by atoms with van der Waals surface area (Å²) < 4.78 is 1.95. The van der Waals surface area contributed by atoms with Gasteiger partial charge in [0.25, 0.3) is 0 Å². The van der Waals surface area contributed by atoms with Crippen LogP contribution in [0.2, 0.25) is 0 Å². The molecule has 0 radical (unpaired) electrons. The topological polar surface area (TPSA) is 46.0 Å². The highest BCUT2D eigenvalue weighted by Gasteiger charge is 2.23. The summed E-state index contributed by atoms with van der Waals surface area (Å²) in [6, 6.07) is 5.07. The number of pyridine rings is 1. The molecule has 1 aliphatic rings. The summed E-state index contributed by atoms with van der Waals surface area (Å²) in [5.74, 6) is 0. The lowest BCUT2D eigenvalue weighted by atomic mass is 10.1. The van der Waals surface area contributed by atoms with Crippen LogP contribution in [-0.2, 0) is 6.54 Å². The van der Waals surface area contributed by atoms with Gasteiger partial charge in [-0.15, -0.1) is 12.4 Å². The van der Waals surface area contributed by atoms with E-state index in [0.29, 0.717) is 12.1 Å². The Hall–Kier alpha value is -1.43. The molecule has 1 saturated heterocycles. The van der Waals surface area contributed by atoms with Crippen molar-refractivity contribution in [1.29, 1.82) is 0 Å². The van der Waals surface area contributed by atoms with Crippen LogP contribution in [0.5, 0.6) is 0 Å². The van der Waals surface area contributed by atoms with Crippen molar-refractivity contribution in [2.24, 2.45) is 0 Å². The number of nitrogens with one attached hydrogen (secondary N) is 1. The second kappa shape index (κ2) is 7.22. The molecule has 0 amide bonds. The van der Waals surface area contributed by atoms with Crippen molar-refractivity contribution in [3.63, 3.8) is 0 Å². The van der Waals surface area contributed by atoms with Gasteiger partial charge in [0, 0.05) is 55.9 Å². The van der Waals surface area contributed by atoms with Gasteiger partial charge in [0.15, 0.2) is 0 Å². The molecule has 120 valence electrons. The number of nitrogens with zero attached hydrogens (tertiary/aromatic N) is 4.